The second-order valence-electron chi connectivity index (χ2n) is 10.7. The molecule has 0 bridgehead atoms. The van der Waals surface area contributed by atoms with Gasteiger partial charge in [-0.2, -0.15) is 18.2 Å². The maximum absolute atomic E-state index is 14.7. The molecule has 224 valence electrons. The second-order valence-corrected chi connectivity index (χ2v) is 12.6. The highest BCUT2D eigenvalue weighted by Crippen LogP contribution is 2.28. The van der Waals surface area contributed by atoms with Crippen LogP contribution in [0.15, 0.2) is 35.4 Å². The van der Waals surface area contributed by atoms with Gasteiger partial charge in [0.25, 0.3) is 5.56 Å². The Hall–Kier alpha value is -3.33. The molecule has 3 aromatic heterocycles. The summed E-state index contributed by atoms with van der Waals surface area (Å²) >= 11 is 0. The molecule has 4 rings (SSSR count). The number of sulfonamides is 1. The predicted octanol–water partition coefficient (Wildman–Crippen LogP) is 4.36. The van der Waals surface area contributed by atoms with Crippen LogP contribution in [0.25, 0.3) is 22.2 Å². The van der Waals surface area contributed by atoms with E-state index in [2.05, 4.69) is 20.3 Å². The summed E-state index contributed by atoms with van der Waals surface area (Å²) in [7, 11) is -0.536. The summed E-state index contributed by atoms with van der Waals surface area (Å²) in [4.78, 5) is 28.4. The molecule has 1 saturated carbocycles. The molecule has 3 aromatic rings. The average molecular weight is 600 g/mol. The van der Waals surface area contributed by atoms with Crippen molar-refractivity contribution in [2.75, 3.05) is 29.9 Å². The van der Waals surface area contributed by atoms with Gasteiger partial charge in [-0.05, 0) is 59.0 Å². The summed E-state index contributed by atoms with van der Waals surface area (Å²) in [5, 5.41) is 3.78. The molecule has 0 aliphatic heterocycles. The Bertz CT molecular complexity index is 1540. The Labute approximate surface area is 235 Å². The number of nitrogens with one attached hydrogen (secondary N) is 2. The van der Waals surface area contributed by atoms with Crippen LogP contribution in [-0.4, -0.2) is 77.1 Å². The highest BCUT2D eigenvalue weighted by molar-refractivity contribution is 7.92. The Morgan fingerprint density at radius 2 is 1.88 bits per heavy atom. The SMILES string of the molecule is CC(C)n1c(=O)c(-c2ccc(NS(=O)(=O)CCC(F)(F)F)nc2)cc2cnc(N[C@H]3CC[C@H](N(C)C)[C@H](F)C3)nc21. The highest BCUT2D eigenvalue weighted by atomic mass is 32.2. The van der Waals surface area contributed by atoms with Gasteiger partial charge in [-0.1, -0.05) is 0 Å². The lowest BCUT2D eigenvalue weighted by Crippen LogP contribution is -2.44. The van der Waals surface area contributed by atoms with E-state index in [0.717, 1.165) is 6.42 Å². The maximum atomic E-state index is 14.7. The Morgan fingerprint density at radius 1 is 1.15 bits per heavy atom. The van der Waals surface area contributed by atoms with Crippen molar-refractivity contribution in [1.29, 1.82) is 0 Å². The molecule has 15 heteroatoms. The van der Waals surface area contributed by atoms with Gasteiger partial charge in [0.1, 0.15) is 17.6 Å². The third kappa shape index (κ3) is 7.50. The van der Waals surface area contributed by atoms with Crippen LogP contribution in [0.5, 0.6) is 0 Å². The van der Waals surface area contributed by atoms with Gasteiger partial charge in [-0.3, -0.25) is 14.1 Å². The molecule has 0 spiro atoms. The van der Waals surface area contributed by atoms with E-state index in [1.165, 1.54) is 22.9 Å². The minimum Gasteiger partial charge on any atom is -0.351 e. The average Bonchev–Trinajstić information content (AvgIpc) is 2.87. The lowest BCUT2D eigenvalue weighted by atomic mass is 9.89. The number of rotatable bonds is 9. The van der Waals surface area contributed by atoms with Crippen molar-refractivity contribution in [3.05, 3.63) is 40.9 Å². The largest absolute Gasteiger partial charge is 0.390 e. The molecule has 0 amide bonds. The Kier molecular flexibility index (Phi) is 8.87. The first-order valence-corrected chi connectivity index (χ1v) is 14.8. The van der Waals surface area contributed by atoms with Crippen molar-refractivity contribution < 1.29 is 26.0 Å². The van der Waals surface area contributed by atoms with E-state index in [1.54, 1.807) is 12.3 Å². The van der Waals surface area contributed by atoms with Crippen LogP contribution in [-0.2, 0) is 10.0 Å². The maximum Gasteiger partial charge on any atom is 0.390 e. The number of halogens is 4. The fourth-order valence-electron chi connectivity index (χ4n) is 4.94. The zero-order valence-electron chi connectivity index (χ0n) is 23.1. The number of aromatic nitrogens is 4. The summed E-state index contributed by atoms with van der Waals surface area (Å²) in [6, 6.07) is 3.77. The molecular formula is C26H33F4N7O3S. The monoisotopic (exact) mass is 599 g/mol. The topological polar surface area (TPSA) is 122 Å². The normalized spacial score (nSPS) is 20.1. The minimum atomic E-state index is -4.61. The van der Waals surface area contributed by atoms with E-state index >= 15 is 0 Å². The van der Waals surface area contributed by atoms with Crippen molar-refractivity contribution in [3.63, 3.8) is 0 Å². The van der Waals surface area contributed by atoms with Gasteiger partial charge in [0.15, 0.2) is 0 Å². The molecule has 3 heterocycles. The van der Waals surface area contributed by atoms with Gasteiger partial charge < -0.3 is 10.2 Å². The molecule has 1 aliphatic carbocycles. The number of hydrogen-bond acceptors (Lipinski definition) is 8. The molecule has 10 nitrogen and oxygen atoms in total. The zero-order chi connectivity index (χ0) is 30.1. The number of nitrogens with zero attached hydrogens (tertiary/aromatic N) is 5. The summed E-state index contributed by atoms with van der Waals surface area (Å²) in [6.45, 7) is 3.65. The van der Waals surface area contributed by atoms with Crippen LogP contribution >= 0.6 is 0 Å². The molecule has 1 aliphatic rings. The highest BCUT2D eigenvalue weighted by Gasteiger charge is 2.32. The van der Waals surface area contributed by atoms with E-state index in [0.29, 0.717) is 35.4 Å². The summed E-state index contributed by atoms with van der Waals surface area (Å²) in [5.41, 5.74) is 0.662. The van der Waals surface area contributed by atoms with E-state index in [1.807, 2.05) is 37.6 Å². The van der Waals surface area contributed by atoms with Crippen LogP contribution in [0.3, 0.4) is 0 Å². The zero-order valence-corrected chi connectivity index (χ0v) is 23.9. The van der Waals surface area contributed by atoms with Crippen LogP contribution in [0.4, 0.5) is 29.3 Å². The van der Waals surface area contributed by atoms with Crippen LogP contribution in [0.1, 0.15) is 45.6 Å². The quantitative estimate of drug-likeness (QED) is 0.348. The molecule has 2 N–H and O–H groups in total. The van der Waals surface area contributed by atoms with Crippen molar-refractivity contribution >= 4 is 32.8 Å². The second kappa shape index (κ2) is 11.9. The first-order valence-electron chi connectivity index (χ1n) is 13.2. The van der Waals surface area contributed by atoms with Crippen molar-refractivity contribution in [3.8, 4) is 11.1 Å². The molecule has 1 fully saturated rings. The number of alkyl halides is 4. The third-order valence-electron chi connectivity index (χ3n) is 7.01. The Morgan fingerprint density at radius 3 is 2.46 bits per heavy atom. The molecule has 0 unspecified atom stereocenters. The minimum absolute atomic E-state index is 0.131. The van der Waals surface area contributed by atoms with Gasteiger partial charge in [0.05, 0.1) is 12.2 Å². The summed E-state index contributed by atoms with van der Waals surface area (Å²) in [6.07, 6.45) is -2.47. The fraction of sp³-hybridized carbons (Fsp3) is 0.538. The summed E-state index contributed by atoms with van der Waals surface area (Å²) in [5.74, 6) is -1.01. The van der Waals surface area contributed by atoms with Gasteiger partial charge in [-0.15, -0.1) is 0 Å². The molecule has 3 atom stereocenters. The smallest absolute Gasteiger partial charge is 0.351 e. The lowest BCUT2D eigenvalue weighted by Gasteiger charge is -2.35. The van der Waals surface area contributed by atoms with E-state index in [4.69, 9.17) is 0 Å². The van der Waals surface area contributed by atoms with E-state index < -0.39 is 34.5 Å². The van der Waals surface area contributed by atoms with Crippen molar-refractivity contribution in [2.24, 2.45) is 0 Å². The molecule has 0 aromatic carbocycles. The number of hydrogen-bond donors (Lipinski definition) is 2. The number of fused-ring (bicyclic) bond motifs is 1. The first kappa shape index (κ1) is 30.6. The fourth-order valence-corrected chi connectivity index (χ4v) is 5.99. The van der Waals surface area contributed by atoms with Gasteiger partial charge in [0, 0.05) is 53.5 Å². The lowest BCUT2D eigenvalue weighted by molar-refractivity contribution is -0.129. The molecular weight excluding hydrogens is 566 g/mol. The predicted molar refractivity (Wildman–Crippen MR) is 149 cm³/mol. The van der Waals surface area contributed by atoms with Crippen molar-refractivity contribution in [2.45, 2.75) is 70.0 Å². The van der Waals surface area contributed by atoms with Crippen molar-refractivity contribution in [1.82, 2.24) is 24.4 Å². The Balaban J connectivity index is 1.58. The summed E-state index contributed by atoms with van der Waals surface area (Å²) < 4.78 is 79.4. The van der Waals surface area contributed by atoms with Gasteiger partial charge in [-0.25, -0.2) is 22.8 Å². The third-order valence-corrected chi connectivity index (χ3v) is 8.27. The number of anilines is 2. The van der Waals surface area contributed by atoms with Gasteiger partial charge in [0.2, 0.25) is 16.0 Å². The number of pyridine rings is 2. The van der Waals surface area contributed by atoms with Gasteiger partial charge >= 0.3 is 6.18 Å². The molecule has 41 heavy (non-hydrogen) atoms. The van der Waals surface area contributed by atoms with Crippen LogP contribution in [0, 0.1) is 0 Å². The van der Waals surface area contributed by atoms with E-state index in [-0.39, 0.29) is 35.1 Å². The van der Waals surface area contributed by atoms with Crippen LogP contribution in [0.2, 0.25) is 0 Å². The standard InChI is InChI=1S/C26H33F4N7O3S/c1-15(2)37-23-17(14-32-25(34-23)33-18-6-7-21(36(3)4)20(27)12-18)11-19(24(37)38)16-5-8-22(31-13-16)35-41(39,40)10-9-26(28,29)30/h5,8,11,13-15,18,20-21H,6-7,9-10,12H2,1-4H3,(H,31,35)(H,32,33,34)/t18-,20+,21-/m0/s1. The molecule has 0 saturated heterocycles. The molecule has 0 radical (unpaired) electrons. The van der Waals surface area contributed by atoms with Crippen LogP contribution < -0.4 is 15.6 Å². The first-order chi connectivity index (χ1) is 19.1. The van der Waals surface area contributed by atoms with E-state index in [9.17, 15) is 30.8 Å².